The van der Waals surface area contributed by atoms with Crippen molar-refractivity contribution in [3.05, 3.63) is 61.7 Å². The molecule has 0 heterocycles. The summed E-state index contributed by atoms with van der Waals surface area (Å²) in [5.74, 6) is -1.09. The Morgan fingerprint density at radius 3 is 2.41 bits per heavy atom. The third-order valence-electron chi connectivity index (χ3n) is 3.46. The van der Waals surface area contributed by atoms with Gasteiger partial charge in [-0.25, -0.2) is 4.79 Å². The lowest BCUT2D eigenvalue weighted by Crippen LogP contribution is -2.15. The summed E-state index contributed by atoms with van der Waals surface area (Å²) in [6.07, 6.45) is 5.63. The molecule has 0 atom stereocenters. The second-order valence-electron chi connectivity index (χ2n) is 6.01. The molecule has 0 fully saturated rings. The fraction of sp³-hybridized carbons (Fsp3) is 0.389. The van der Waals surface area contributed by atoms with Crippen LogP contribution < -0.4 is 4.74 Å². The van der Waals surface area contributed by atoms with Crippen LogP contribution in [0.4, 0.5) is 11.4 Å². The van der Waals surface area contributed by atoms with E-state index in [-0.39, 0.29) is 18.0 Å². The lowest BCUT2D eigenvalue weighted by molar-refractivity contribution is -0.389. The van der Waals surface area contributed by atoms with Crippen molar-refractivity contribution >= 4 is 17.3 Å². The van der Waals surface area contributed by atoms with Gasteiger partial charge in [0.15, 0.2) is 6.61 Å². The number of hydrogen-bond donors (Lipinski definition) is 0. The number of esters is 1. The van der Waals surface area contributed by atoms with Gasteiger partial charge in [0.2, 0.25) is 5.75 Å². The molecule has 1 aromatic carbocycles. The van der Waals surface area contributed by atoms with Gasteiger partial charge >= 0.3 is 11.7 Å². The molecule has 0 aliphatic rings. The average molecular weight is 378 g/mol. The third-order valence-corrected chi connectivity index (χ3v) is 3.46. The van der Waals surface area contributed by atoms with Gasteiger partial charge in [-0.15, -0.1) is 0 Å². The van der Waals surface area contributed by atoms with Crippen LogP contribution in [0.1, 0.15) is 33.6 Å². The molecule has 0 amide bonds. The van der Waals surface area contributed by atoms with Crippen molar-refractivity contribution in [2.24, 2.45) is 0 Å². The Hall–Kier alpha value is -3.23. The summed E-state index contributed by atoms with van der Waals surface area (Å²) in [5, 5.41) is 21.7. The van der Waals surface area contributed by atoms with Gasteiger partial charge in [-0.3, -0.25) is 20.2 Å². The highest BCUT2D eigenvalue weighted by molar-refractivity contribution is 5.71. The van der Waals surface area contributed by atoms with Crippen LogP contribution in [0.2, 0.25) is 0 Å². The van der Waals surface area contributed by atoms with Crippen molar-refractivity contribution in [2.75, 3.05) is 13.2 Å². The van der Waals surface area contributed by atoms with Gasteiger partial charge < -0.3 is 9.47 Å². The molecule has 0 radical (unpaired) electrons. The molecule has 9 nitrogen and oxygen atoms in total. The number of non-ortho nitro benzene ring substituents is 1. The number of nitro benzene ring substituents is 2. The molecule has 1 aromatic rings. The Morgan fingerprint density at radius 2 is 1.81 bits per heavy atom. The number of carbonyl (C=O) groups is 1. The predicted octanol–water partition coefficient (Wildman–Crippen LogP) is 4.12. The maximum Gasteiger partial charge on any atom is 0.344 e. The van der Waals surface area contributed by atoms with Gasteiger partial charge in [0.05, 0.1) is 15.9 Å². The van der Waals surface area contributed by atoms with Gasteiger partial charge in [0, 0.05) is 12.1 Å². The number of allylic oxidation sites excluding steroid dienone is 3. The van der Waals surface area contributed by atoms with Crippen LogP contribution in [0, 0.1) is 20.2 Å². The Balaban J connectivity index is 2.57. The zero-order valence-corrected chi connectivity index (χ0v) is 15.5. The molecule has 27 heavy (non-hydrogen) atoms. The molecule has 146 valence electrons. The Kier molecular flexibility index (Phi) is 8.64. The summed E-state index contributed by atoms with van der Waals surface area (Å²) in [5.41, 5.74) is 1.46. The molecular weight excluding hydrogens is 356 g/mol. The fourth-order valence-corrected chi connectivity index (χ4v) is 2.03. The number of nitrogens with zero attached hydrogens (tertiary/aromatic N) is 2. The second-order valence-corrected chi connectivity index (χ2v) is 6.01. The van der Waals surface area contributed by atoms with E-state index in [9.17, 15) is 25.0 Å². The van der Waals surface area contributed by atoms with Crippen LogP contribution in [0.3, 0.4) is 0 Å². The maximum atomic E-state index is 11.7. The smallest absolute Gasteiger partial charge is 0.344 e. The zero-order chi connectivity index (χ0) is 20.4. The summed E-state index contributed by atoms with van der Waals surface area (Å²) >= 11 is 0. The highest BCUT2D eigenvalue weighted by Crippen LogP contribution is 2.30. The van der Waals surface area contributed by atoms with Crippen LogP contribution in [0.5, 0.6) is 5.75 Å². The van der Waals surface area contributed by atoms with E-state index in [4.69, 9.17) is 9.47 Å². The minimum absolute atomic E-state index is 0.0554. The number of carbonyl (C=O) groups excluding carboxylic acids is 1. The normalized spacial score (nSPS) is 10.9. The van der Waals surface area contributed by atoms with Crippen LogP contribution in [-0.2, 0) is 9.53 Å². The summed E-state index contributed by atoms with van der Waals surface area (Å²) in [7, 11) is 0. The standard InChI is InChI=1S/C18H22N2O7/c1-13(2)5-4-6-14(3)9-10-26-18(21)12-27-17-11-15(19(22)23)7-8-16(17)20(24)25/h5,7-9,11H,4,6,10,12H2,1-3H3/b14-9+. The molecule has 0 unspecified atom stereocenters. The summed E-state index contributed by atoms with van der Waals surface area (Å²) in [6.45, 7) is 5.43. The first kappa shape index (κ1) is 21.8. The topological polar surface area (TPSA) is 122 Å². The molecule has 0 N–H and O–H groups in total. The lowest BCUT2D eigenvalue weighted by atomic mass is 10.1. The molecule has 0 aromatic heterocycles. The van der Waals surface area contributed by atoms with Crippen molar-refractivity contribution in [3.63, 3.8) is 0 Å². The van der Waals surface area contributed by atoms with E-state index in [0.717, 1.165) is 36.6 Å². The Labute approximate surface area is 156 Å². The molecule has 0 bridgehead atoms. The van der Waals surface area contributed by atoms with E-state index in [1.54, 1.807) is 6.08 Å². The molecule has 0 aliphatic carbocycles. The van der Waals surface area contributed by atoms with Crippen molar-refractivity contribution in [3.8, 4) is 5.75 Å². The number of rotatable bonds is 10. The van der Waals surface area contributed by atoms with E-state index in [2.05, 4.69) is 6.08 Å². The lowest BCUT2D eigenvalue weighted by Gasteiger charge is -2.07. The maximum absolute atomic E-state index is 11.7. The summed E-state index contributed by atoms with van der Waals surface area (Å²) in [6, 6.07) is 2.85. The monoisotopic (exact) mass is 378 g/mol. The van der Waals surface area contributed by atoms with Crippen LogP contribution >= 0.6 is 0 Å². The first-order valence-corrected chi connectivity index (χ1v) is 8.21. The minimum Gasteiger partial charge on any atom is -0.475 e. The van der Waals surface area contributed by atoms with Crippen LogP contribution in [0.15, 0.2) is 41.5 Å². The summed E-state index contributed by atoms with van der Waals surface area (Å²) in [4.78, 5) is 32.0. The highest BCUT2D eigenvalue weighted by atomic mass is 16.6. The van der Waals surface area contributed by atoms with Crippen LogP contribution in [0.25, 0.3) is 0 Å². The first-order chi connectivity index (χ1) is 12.7. The van der Waals surface area contributed by atoms with Crippen molar-refractivity contribution in [1.82, 2.24) is 0 Å². The van der Waals surface area contributed by atoms with E-state index in [1.807, 2.05) is 20.8 Å². The number of ether oxygens (including phenoxy) is 2. The van der Waals surface area contributed by atoms with Gasteiger partial charge in [-0.1, -0.05) is 17.2 Å². The van der Waals surface area contributed by atoms with Gasteiger partial charge in [0.25, 0.3) is 5.69 Å². The van der Waals surface area contributed by atoms with Crippen molar-refractivity contribution < 1.29 is 24.1 Å². The van der Waals surface area contributed by atoms with Crippen molar-refractivity contribution in [1.29, 1.82) is 0 Å². The third kappa shape index (κ3) is 8.13. The Morgan fingerprint density at radius 1 is 1.11 bits per heavy atom. The number of benzene rings is 1. The predicted molar refractivity (Wildman–Crippen MR) is 98.6 cm³/mol. The van der Waals surface area contributed by atoms with Crippen LogP contribution in [-0.4, -0.2) is 29.0 Å². The molecule has 0 aliphatic heterocycles. The van der Waals surface area contributed by atoms with E-state index >= 15 is 0 Å². The molecule has 1 rings (SSSR count). The van der Waals surface area contributed by atoms with E-state index in [1.165, 1.54) is 5.57 Å². The molecule has 0 saturated carbocycles. The molecule has 9 heteroatoms. The van der Waals surface area contributed by atoms with E-state index in [0.29, 0.717) is 0 Å². The molecule has 0 saturated heterocycles. The van der Waals surface area contributed by atoms with Crippen molar-refractivity contribution in [2.45, 2.75) is 33.6 Å². The minimum atomic E-state index is -0.747. The van der Waals surface area contributed by atoms with Gasteiger partial charge in [0.1, 0.15) is 6.61 Å². The van der Waals surface area contributed by atoms with E-state index < -0.39 is 28.1 Å². The number of nitro groups is 2. The zero-order valence-electron chi connectivity index (χ0n) is 15.5. The summed E-state index contributed by atoms with van der Waals surface area (Å²) < 4.78 is 10.0. The largest absolute Gasteiger partial charge is 0.475 e. The molecule has 0 spiro atoms. The molecular formula is C18H22N2O7. The quantitative estimate of drug-likeness (QED) is 0.260. The number of hydrogen-bond acceptors (Lipinski definition) is 7. The first-order valence-electron chi connectivity index (χ1n) is 8.21. The Bertz CT molecular complexity index is 765. The SMILES string of the molecule is CC(C)=CCC/C(C)=C/COC(=O)COc1cc([N+](=O)[O-])ccc1[N+](=O)[O-]. The average Bonchev–Trinajstić information content (AvgIpc) is 2.59. The van der Waals surface area contributed by atoms with Gasteiger partial charge in [-0.2, -0.15) is 0 Å². The second kappa shape index (κ2) is 10.7. The highest BCUT2D eigenvalue weighted by Gasteiger charge is 2.20. The van der Waals surface area contributed by atoms with Gasteiger partial charge in [-0.05, 0) is 39.7 Å². The fourth-order valence-electron chi connectivity index (χ4n) is 2.03.